The Morgan fingerprint density at radius 2 is 2.13 bits per heavy atom. The number of urea groups is 1. The van der Waals surface area contributed by atoms with Crippen LogP contribution in [0.3, 0.4) is 0 Å². The maximum atomic E-state index is 12.4. The number of aromatic nitrogens is 1. The van der Waals surface area contributed by atoms with Crippen LogP contribution in [0, 0.1) is 0 Å². The molecule has 1 N–H and O–H groups in total. The van der Waals surface area contributed by atoms with Gasteiger partial charge in [-0.2, -0.15) is 0 Å². The molecule has 0 bridgehead atoms. The SMILES string of the molecule is CSc1cnc(NC(=O)N(C)S(=O)(=O)c2cccc(Cl)c2)s1.[NaH]. The molecular formula is C12H13ClN3NaO3S3. The second kappa shape index (κ2) is 8.70. The summed E-state index contributed by atoms with van der Waals surface area (Å²) >= 11 is 8.54. The van der Waals surface area contributed by atoms with Crippen molar-refractivity contribution in [3.8, 4) is 0 Å². The Balaban J connectivity index is 0.00000264. The molecule has 0 saturated heterocycles. The van der Waals surface area contributed by atoms with E-state index in [4.69, 9.17) is 11.6 Å². The van der Waals surface area contributed by atoms with E-state index in [-0.39, 0.29) is 39.5 Å². The molecule has 0 spiro atoms. The third-order valence-electron chi connectivity index (χ3n) is 2.64. The van der Waals surface area contributed by atoms with Crippen molar-refractivity contribution < 1.29 is 13.2 Å². The Bertz CT molecular complexity index is 798. The third-order valence-corrected chi connectivity index (χ3v) is 6.58. The van der Waals surface area contributed by atoms with Crippen LogP contribution in [0.4, 0.5) is 9.93 Å². The van der Waals surface area contributed by atoms with Crippen molar-refractivity contribution in [1.29, 1.82) is 0 Å². The van der Waals surface area contributed by atoms with Gasteiger partial charge in [-0.25, -0.2) is 22.5 Å². The average Bonchev–Trinajstić information content (AvgIpc) is 2.94. The van der Waals surface area contributed by atoms with Crippen molar-refractivity contribution in [1.82, 2.24) is 9.29 Å². The van der Waals surface area contributed by atoms with Gasteiger partial charge in [0.2, 0.25) is 0 Å². The number of nitrogens with zero attached hydrogens (tertiary/aromatic N) is 2. The fourth-order valence-electron chi connectivity index (χ4n) is 1.48. The van der Waals surface area contributed by atoms with Gasteiger partial charge in [-0.1, -0.05) is 29.0 Å². The number of anilines is 1. The van der Waals surface area contributed by atoms with E-state index in [2.05, 4.69) is 10.3 Å². The first-order valence-corrected chi connectivity index (χ1v) is 9.76. The van der Waals surface area contributed by atoms with Gasteiger partial charge in [-0.05, 0) is 24.5 Å². The summed E-state index contributed by atoms with van der Waals surface area (Å²) in [5.41, 5.74) is 0. The quantitative estimate of drug-likeness (QED) is 0.629. The van der Waals surface area contributed by atoms with Crippen LogP contribution in [-0.4, -0.2) is 66.6 Å². The molecule has 1 aromatic carbocycles. The third kappa shape index (κ3) is 5.09. The van der Waals surface area contributed by atoms with Gasteiger partial charge < -0.3 is 0 Å². The topological polar surface area (TPSA) is 79.4 Å². The Morgan fingerprint density at radius 1 is 1.43 bits per heavy atom. The molecule has 0 atom stereocenters. The van der Waals surface area contributed by atoms with Crippen molar-refractivity contribution in [2.45, 2.75) is 9.10 Å². The van der Waals surface area contributed by atoms with E-state index < -0.39 is 16.1 Å². The van der Waals surface area contributed by atoms with Crippen molar-refractivity contribution in [3.05, 3.63) is 35.5 Å². The molecule has 2 amide bonds. The van der Waals surface area contributed by atoms with E-state index in [0.717, 1.165) is 4.21 Å². The second-order valence-electron chi connectivity index (χ2n) is 4.05. The molecule has 120 valence electrons. The van der Waals surface area contributed by atoms with Gasteiger partial charge in [-0.15, -0.1) is 11.8 Å². The first kappa shape index (κ1) is 20.8. The zero-order valence-corrected chi connectivity index (χ0v) is 14.8. The van der Waals surface area contributed by atoms with Crippen molar-refractivity contribution >= 4 is 85.4 Å². The number of benzene rings is 1. The monoisotopic (exact) mass is 401 g/mol. The zero-order chi connectivity index (χ0) is 16.3. The van der Waals surface area contributed by atoms with Crippen molar-refractivity contribution in [2.75, 3.05) is 18.6 Å². The van der Waals surface area contributed by atoms with Crippen molar-refractivity contribution in [3.63, 3.8) is 0 Å². The van der Waals surface area contributed by atoms with Crippen LogP contribution >= 0.6 is 34.7 Å². The molecule has 6 nitrogen and oxygen atoms in total. The van der Waals surface area contributed by atoms with Crippen LogP contribution in [-0.2, 0) is 10.0 Å². The number of rotatable bonds is 4. The van der Waals surface area contributed by atoms with E-state index >= 15 is 0 Å². The summed E-state index contributed by atoms with van der Waals surface area (Å²) in [5, 5.41) is 3.07. The van der Waals surface area contributed by atoms with E-state index in [0.29, 0.717) is 9.44 Å². The molecule has 2 rings (SSSR count). The van der Waals surface area contributed by atoms with E-state index in [1.54, 1.807) is 12.3 Å². The van der Waals surface area contributed by atoms with Crippen LogP contribution in [0.25, 0.3) is 0 Å². The minimum atomic E-state index is -3.97. The second-order valence-corrected chi connectivity index (χ2v) is 8.59. The number of carbonyl (C=O) groups is 1. The zero-order valence-electron chi connectivity index (χ0n) is 11.6. The number of thiazole rings is 1. The average molecular weight is 402 g/mol. The number of nitrogens with one attached hydrogen (secondary N) is 1. The number of thioether (sulfide) groups is 1. The standard InChI is InChI=1S/C12H12ClN3O3S3.Na.H/c1-16(12(17)15-11-14-7-10(20-2)21-11)22(18,19)9-5-3-4-8(13)6-9;;/h3-7H,1-2H3,(H,14,15,17);;. The molecule has 1 aromatic heterocycles. The normalized spacial score (nSPS) is 10.7. The predicted molar refractivity (Wildman–Crippen MR) is 96.5 cm³/mol. The van der Waals surface area contributed by atoms with Gasteiger partial charge in [-0.3, -0.25) is 5.32 Å². The van der Waals surface area contributed by atoms with Gasteiger partial charge in [0.1, 0.15) is 0 Å². The molecule has 11 heteroatoms. The molecule has 0 saturated carbocycles. The molecule has 0 aliphatic rings. The van der Waals surface area contributed by atoms with E-state index in [9.17, 15) is 13.2 Å². The number of carbonyl (C=O) groups excluding carboxylic acids is 1. The van der Waals surface area contributed by atoms with Crippen LogP contribution in [0.1, 0.15) is 0 Å². The maximum absolute atomic E-state index is 12.4. The van der Waals surface area contributed by atoms with Gasteiger partial charge in [0.15, 0.2) is 5.13 Å². The summed E-state index contributed by atoms with van der Waals surface area (Å²) in [7, 11) is -2.80. The van der Waals surface area contributed by atoms with Crippen LogP contribution in [0.15, 0.2) is 39.6 Å². The summed E-state index contributed by atoms with van der Waals surface area (Å²) in [5.74, 6) is 0. The molecule has 0 aliphatic carbocycles. The summed E-state index contributed by atoms with van der Waals surface area (Å²) in [6.45, 7) is 0. The van der Waals surface area contributed by atoms with Gasteiger partial charge in [0, 0.05) is 12.1 Å². The first-order valence-electron chi connectivity index (χ1n) is 5.90. The molecular weight excluding hydrogens is 389 g/mol. The Hall–Kier alpha value is -0.290. The fourth-order valence-corrected chi connectivity index (χ4v) is 4.11. The molecule has 0 radical (unpaired) electrons. The molecule has 2 aromatic rings. The molecule has 0 aliphatic heterocycles. The predicted octanol–water partition coefficient (Wildman–Crippen LogP) is 2.72. The van der Waals surface area contributed by atoms with Gasteiger partial charge >= 0.3 is 35.6 Å². The van der Waals surface area contributed by atoms with Gasteiger partial charge in [0.25, 0.3) is 10.0 Å². The summed E-state index contributed by atoms with van der Waals surface area (Å²) in [6, 6.07) is 4.94. The van der Waals surface area contributed by atoms with Crippen LogP contribution in [0.2, 0.25) is 5.02 Å². The summed E-state index contributed by atoms with van der Waals surface area (Å²) in [4.78, 5) is 16.0. The number of sulfonamides is 1. The van der Waals surface area contributed by atoms with Gasteiger partial charge in [0.05, 0.1) is 15.3 Å². The summed E-state index contributed by atoms with van der Waals surface area (Å²) in [6.07, 6.45) is 3.49. The first-order chi connectivity index (χ1) is 10.3. The van der Waals surface area contributed by atoms with Crippen LogP contribution < -0.4 is 5.32 Å². The number of amides is 2. The Morgan fingerprint density at radius 3 is 2.70 bits per heavy atom. The van der Waals surface area contributed by atoms with E-state index in [1.165, 1.54) is 48.3 Å². The molecule has 23 heavy (non-hydrogen) atoms. The molecule has 1 heterocycles. The minimum absolute atomic E-state index is 0. The number of hydrogen-bond acceptors (Lipinski definition) is 6. The fraction of sp³-hybridized carbons (Fsp3) is 0.167. The number of hydrogen-bond donors (Lipinski definition) is 1. The Labute approximate surface area is 170 Å². The number of halogens is 1. The van der Waals surface area contributed by atoms with Crippen molar-refractivity contribution in [2.24, 2.45) is 0 Å². The molecule has 0 fully saturated rings. The molecule has 0 unspecified atom stereocenters. The summed E-state index contributed by atoms with van der Waals surface area (Å²) < 4.78 is 26.3. The Kier molecular flexibility index (Phi) is 7.85. The van der Waals surface area contributed by atoms with Crippen LogP contribution in [0.5, 0.6) is 0 Å². The van der Waals surface area contributed by atoms with E-state index in [1.807, 2.05) is 6.26 Å².